The van der Waals surface area contributed by atoms with E-state index in [4.69, 9.17) is 5.11 Å². The molecule has 13 heavy (non-hydrogen) atoms. The molecule has 0 radical (unpaired) electrons. The number of nitrogens with one attached hydrogen (secondary N) is 1. The molecule has 0 unspecified atom stereocenters. The van der Waals surface area contributed by atoms with Crippen molar-refractivity contribution in [3.05, 3.63) is 17.5 Å². The van der Waals surface area contributed by atoms with Gasteiger partial charge in [-0.2, -0.15) is 5.10 Å². The monoisotopic (exact) mass is 204 g/mol. The van der Waals surface area contributed by atoms with Crippen LogP contribution in [0.4, 0.5) is 0 Å². The zero-order valence-corrected chi connectivity index (χ0v) is 7.63. The molecular weight excluding hydrogens is 196 g/mol. The molecule has 0 aromatic carbocycles. The highest BCUT2D eigenvalue weighted by Crippen LogP contribution is 2.08. The van der Waals surface area contributed by atoms with Gasteiger partial charge >= 0.3 is 5.97 Å². The van der Waals surface area contributed by atoms with Crippen molar-refractivity contribution in [1.82, 2.24) is 10.2 Å². The van der Waals surface area contributed by atoms with Crippen LogP contribution >= 0.6 is 0 Å². The van der Waals surface area contributed by atoms with Gasteiger partial charge in [-0.3, -0.25) is 5.10 Å². The molecule has 0 saturated heterocycles. The molecule has 72 valence electrons. The highest BCUT2D eigenvalue weighted by molar-refractivity contribution is 7.89. The first-order chi connectivity index (χ1) is 5.90. The smallest absolute Gasteiger partial charge is 0.354 e. The average Bonchev–Trinajstić information content (AvgIpc) is 2.31. The van der Waals surface area contributed by atoms with Crippen LogP contribution in [0.1, 0.15) is 16.1 Å². The van der Waals surface area contributed by atoms with E-state index in [2.05, 4.69) is 10.2 Å². The number of nitrogens with zero attached hydrogens (tertiary/aromatic N) is 1. The van der Waals surface area contributed by atoms with Gasteiger partial charge in [-0.1, -0.05) is 0 Å². The molecule has 0 saturated carbocycles. The summed E-state index contributed by atoms with van der Waals surface area (Å²) < 4.78 is 21.7. The highest BCUT2D eigenvalue weighted by atomic mass is 32.2. The maximum absolute atomic E-state index is 10.8. The molecule has 0 aliphatic carbocycles. The maximum Gasteiger partial charge on any atom is 0.354 e. The van der Waals surface area contributed by atoms with E-state index in [0.717, 1.165) is 6.26 Å². The van der Waals surface area contributed by atoms with Gasteiger partial charge in [-0.15, -0.1) is 0 Å². The zero-order chi connectivity index (χ0) is 10.1. The number of carbonyl (C=O) groups is 1. The van der Waals surface area contributed by atoms with Gasteiger partial charge < -0.3 is 5.11 Å². The van der Waals surface area contributed by atoms with Crippen LogP contribution in [0.3, 0.4) is 0 Å². The van der Waals surface area contributed by atoms with Crippen molar-refractivity contribution in [2.24, 2.45) is 0 Å². The molecule has 0 aliphatic heterocycles. The van der Waals surface area contributed by atoms with E-state index in [9.17, 15) is 13.2 Å². The van der Waals surface area contributed by atoms with Crippen LogP contribution in [0.5, 0.6) is 0 Å². The molecular formula is C6H8N2O4S. The number of aromatic nitrogens is 2. The number of carboxylic acids is 1. The lowest BCUT2D eigenvalue weighted by Crippen LogP contribution is -2.06. The minimum Gasteiger partial charge on any atom is -0.477 e. The van der Waals surface area contributed by atoms with Gasteiger partial charge in [0.2, 0.25) is 0 Å². The summed E-state index contributed by atoms with van der Waals surface area (Å²) in [6, 6.07) is 0. The minimum absolute atomic E-state index is 0.176. The van der Waals surface area contributed by atoms with Crippen molar-refractivity contribution in [3.8, 4) is 0 Å². The van der Waals surface area contributed by atoms with Crippen LogP contribution < -0.4 is 0 Å². The molecule has 0 fully saturated rings. The van der Waals surface area contributed by atoms with Crippen LogP contribution in [-0.2, 0) is 15.6 Å². The number of carboxylic acid groups (broad SMARTS) is 1. The highest BCUT2D eigenvalue weighted by Gasteiger charge is 2.15. The van der Waals surface area contributed by atoms with Crippen LogP contribution in [0.25, 0.3) is 0 Å². The summed E-state index contributed by atoms with van der Waals surface area (Å²) in [5.41, 5.74) is 0.000394. The Morgan fingerprint density at radius 2 is 2.31 bits per heavy atom. The van der Waals surface area contributed by atoms with Crippen molar-refractivity contribution in [3.63, 3.8) is 0 Å². The molecule has 0 aliphatic rings. The quantitative estimate of drug-likeness (QED) is 0.701. The second-order valence-electron chi connectivity index (χ2n) is 2.65. The van der Waals surface area contributed by atoms with Crippen molar-refractivity contribution in [2.45, 2.75) is 5.75 Å². The Labute approximate surface area is 74.5 Å². The normalized spacial score (nSPS) is 11.5. The Morgan fingerprint density at radius 3 is 2.77 bits per heavy atom. The number of hydrogen-bond acceptors (Lipinski definition) is 4. The lowest BCUT2D eigenvalue weighted by Gasteiger charge is -1.95. The summed E-state index contributed by atoms with van der Waals surface area (Å²) in [7, 11) is -3.23. The summed E-state index contributed by atoms with van der Waals surface area (Å²) in [6.07, 6.45) is 2.23. The molecule has 0 spiro atoms. The molecule has 1 heterocycles. The fourth-order valence-electron chi connectivity index (χ4n) is 0.888. The Hall–Kier alpha value is -1.37. The van der Waals surface area contributed by atoms with Gasteiger partial charge in [0.25, 0.3) is 0 Å². The van der Waals surface area contributed by atoms with Crippen LogP contribution in [0.15, 0.2) is 6.20 Å². The number of aromatic carboxylic acids is 1. The third-order valence-electron chi connectivity index (χ3n) is 1.35. The Balaban J connectivity index is 3.02. The topological polar surface area (TPSA) is 100 Å². The lowest BCUT2D eigenvalue weighted by molar-refractivity contribution is 0.0689. The Morgan fingerprint density at radius 1 is 1.69 bits per heavy atom. The van der Waals surface area contributed by atoms with E-state index in [1.165, 1.54) is 6.20 Å². The lowest BCUT2D eigenvalue weighted by atomic mass is 10.3. The second-order valence-corrected chi connectivity index (χ2v) is 4.79. The number of sulfone groups is 1. The summed E-state index contributed by atoms with van der Waals surface area (Å²) in [5.74, 6) is -1.53. The SMILES string of the molecule is CS(=O)(=O)Cc1cn[nH]c1C(=O)O. The molecule has 1 rings (SSSR count). The summed E-state index contributed by atoms with van der Waals surface area (Å²) in [5, 5.41) is 14.3. The first kappa shape index (κ1) is 9.72. The molecule has 1 aromatic heterocycles. The van der Waals surface area contributed by atoms with Crippen molar-refractivity contribution < 1.29 is 18.3 Å². The number of rotatable bonds is 3. The summed E-state index contributed by atoms with van der Waals surface area (Å²) in [6.45, 7) is 0. The summed E-state index contributed by atoms with van der Waals surface area (Å²) in [4.78, 5) is 10.5. The third-order valence-corrected chi connectivity index (χ3v) is 2.18. The largest absolute Gasteiger partial charge is 0.477 e. The van der Waals surface area contributed by atoms with Crippen molar-refractivity contribution >= 4 is 15.8 Å². The Kier molecular flexibility index (Phi) is 2.37. The molecule has 0 bridgehead atoms. The molecule has 6 nitrogen and oxygen atoms in total. The van der Waals surface area contributed by atoms with Crippen LogP contribution in [0, 0.1) is 0 Å². The second kappa shape index (κ2) is 3.17. The van der Waals surface area contributed by atoms with E-state index in [1.54, 1.807) is 0 Å². The van der Waals surface area contributed by atoms with E-state index >= 15 is 0 Å². The first-order valence-electron chi connectivity index (χ1n) is 3.33. The van der Waals surface area contributed by atoms with Gasteiger partial charge in [0.05, 0.1) is 11.9 Å². The average molecular weight is 204 g/mol. The van der Waals surface area contributed by atoms with E-state index in [0.29, 0.717) is 0 Å². The molecule has 7 heteroatoms. The fraction of sp³-hybridized carbons (Fsp3) is 0.333. The molecule has 0 amide bonds. The Bertz CT molecular complexity index is 420. The predicted octanol–water partition coefficient (Wildman–Crippen LogP) is -0.347. The number of hydrogen-bond donors (Lipinski definition) is 2. The molecule has 0 atom stereocenters. The maximum atomic E-state index is 10.8. The fourth-order valence-corrected chi connectivity index (χ4v) is 1.67. The van der Waals surface area contributed by atoms with E-state index < -0.39 is 15.8 Å². The zero-order valence-electron chi connectivity index (χ0n) is 6.81. The first-order valence-corrected chi connectivity index (χ1v) is 5.39. The van der Waals surface area contributed by atoms with Gasteiger partial charge in [-0.05, 0) is 0 Å². The van der Waals surface area contributed by atoms with Crippen LogP contribution in [0.2, 0.25) is 0 Å². The van der Waals surface area contributed by atoms with E-state index in [1.807, 2.05) is 0 Å². The standard InChI is InChI=1S/C6H8N2O4S/c1-13(11,12)3-4-2-7-8-5(4)6(9)10/h2H,3H2,1H3,(H,7,8)(H,9,10). The predicted molar refractivity (Wildman–Crippen MR) is 44.1 cm³/mol. The summed E-state index contributed by atoms with van der Waals surface area (Å²) >= 11 is 0. The number of H-pyrrole nitrogens is 1. The molecule has 1 aromatic rings. The molecule has 2 N–H and O–H groups in total. The van der Waals surface area contributed by atoms with Gasteiger partial charge in [0.1, 0.15) is 5.69 Å². The van der Waals surface area contributed by atoms with Crippen molar-refractivity contribution in [1.29, 1.82) is 0 Å². The van der Waals surface area contributed by atoms with Gasteiger partial charge in [0, 0.05) is 11.8 Å². The number of aromatic amines is 1. The minimum atomic E-state index is -3.23. The van der Waals surface area contributed by atoms with Crippen LogP contribution in [-0.4, -0.2) is 35.9 Å². The van der Waals surface area contributed by atoms with E-state index in [-0.39, 0.29) is 17.0 Å². The third kappa shape index (κ3) is 2.55. The van der Waals surface area contributed by atoms with Crippen molar-refractivity contribution in [2.75, 3.05) is 6.26 Å². The van der Waals surface area contributed by atoms with Gasteiger partial charge in [0.15, 0.2) is 9.84 Å². The van der Waals surface area contributed by atoms with Gasteiger partial charge in [-0.25, -0.2) is 13.2 Å².